The average Bonchev–Trinajstić information content (AvgIpc) is 3.50. The van der Waals surface area contributed by atoms with E-state index in [1.165, 1.54) is 12.4 Å². The van der Waals surface area contributed by atoms with Crippen LogP contribution in [0.1, 0.15) is 69.1 Å². The van der Waals surface area contributed by atoms with E-state index in [0.29, 0.717) is 49.6 Å². The van der Waals surface area contributed by atoms with Crippen LogP contribution in [0.4, 0.5) is 16.2 Å². The number of aromatic nitrogens is 2. The topological polar surface area (TPSA) is 150 Å². The van der Waals surface area contributed by atoms with Gasteiger partial charge in [0, 0.05) is 52.3 Å². The number of pyridine rings is 1. The van der Waals surface area contributed by atoms with Crippen LogP contribution in [0.2, 0.25) is 25.7 Å². The molecule has 51 heavy (non-hydrogen) atoms. The minimum Gasteiger partial charge on any atom is -0.444 e. The lowest BCUT2D eigenvalue weighted by Gasteiger charge is -2.38. The first-order valence-electron chi connectivity index (χ1n) is 17.6. The lowest BCUT2D eigenvalue weighted by Crippen LogP contribution is -2.46. The van der Waals surface area contributed by atoms with E-state index in [-0.39, 0.29) is 24.8 Å². The first-order valence-corrected chi connectivity index (χ1v) is 22.1. The molecule has 0 aliphatic carbocycles. The zero-order valence-electron chi connectivity index (χ0n) is 30.8. The van der Waals surface area contributed by atoms with Crippen LogP contribution >= 0.6 is 11.3 Å². The van der Waals surface area contributed by atoms with Crippen molar-refractivity contribution < 1.29 is 23.9 Å². The number of fused-ring (bicyclic) bond motifs is 1. The summed E-state index contributed by atoms with van der Waals surface area (Å²) in [5.74, 6) is -1.15. The van der Waals surface area contributed by atoms with Crippen LogP contribution in [-0.4, -0.2) is 90.5 Å². The fourth-order valence-electron chi connectivity index (χ4n) is 6.13. The zero-order chi connectivity index (χ0) is 36.9. The highest BCUT2D eigenvalue weighted by molar-refractivity contribution is 7.19. The molecule has 14 heteroatoms. The number of nitrogens with zero attached hydrogens (tertiary/aromatic N) is 4. The van der Waals surface area contributed by atoms with Gasteiger partial charge in [-0.1, -0.05) is 38.7 Å². The van der Waals surface area contributed by atoms with Crippen LogP contribution in [-0.2, 0) is 19.1 Å². The van der Waals surface area contributed by atoms with Crippen LogP contribution in [0.25, 0.3) is 15.8 Å². The second-order valence-corrected chi connectivity index (χ2v) is 22.2. The summed E-state index contributed by atoms with van der Waals surface area (Å²) in [5.41, 5.74) is 3.60. The molecule has 1 fully saturated rings. The summed E-state index contributed by atoms with van der Waals surface area (Å²) < 4.78 is 12.4. The average molecular weight is 734 g/mol. The maximum Gasteiger partial charge on any atom is 0.410 e. The largest absolute Gasteiger partial charge is 0.444 e. The van der Waals surface area contributed by atoms with Gasteiger partial charge in [-0.05, 0) is 75.3 Å². The third-order valence-electron chi connectivity index (χ3n) is 8.93. The van der Waals surface area contributed by atoms with Crippen molar-refractivity contribution in [1.29, 1.82) is 5.41 Å². The molecule has 3 N–H and O–H groups in total. The van der Waals surface area contributed by atoms with Crippen molar-refractivity contribution in [3.05, 3.63) is 52.8 Å². The van der Waals surface area contributed by atoms with E-state index in [1.807, 2.05) is 45.0 Å². The predicted molar refractivity (Wildman–Crippen MR) is 206 cm³/mol. The number of ether oxygens (including phenoxy) is 2. The van der Waals surface area contributed by atoms with Crippen LogP contribution in [0.5, 0.6) is 0 Å². The van der Waals surface area contributed by atoms with Crippen molar-refractivity contribution in [3.8, 4) is 0 Å². The molecule has 4 heterocycles. The first-order chi connectivity index (χ1) is 24.1. The molecule has 0 radical (unpaired) electrons. The fourth-order valence-corrected chi connectivity index (χ4v) is 7.90. The van der Waals surface area contributed by atoms with Crippen LogP contribution < -0.4 is 10.6 Å². The minimum absolute atomic E-state index is 0.195. The maximum atomic E-state index is 13.9. The van der Waals surface area contributed by atoms with Gasteiger partial charge in [-0.2, -0.15) is 0 Å². The van der Waals surface area contributed by atoms with Gasteiger partial charge in [0.15, 0.2) is 0 Å². The van der Waals surface area contributed by atoms with E-state index in [1.54, 1.807) is 21.1 Å². The number of amides is 3. The van der Waals surface area contributed by atoms with E-state index >= 15 is 0 Å². The Morgan fingerprint density at radius 2 is 1.94 bits per heavy atom. The third kappa shape index (κ3) is 10.0. The van der Waals surface area contributed by atoms with Crippen LogP contribution in [0.3, 0.4) is 0 Å². The number of hydrogen-bond donors (Lipinski definition) is 3. The molecule has 2 aliphatic rings. The lowest BCUT2D eigenvalue weighted by molar-refractivity contribution is -0.146. The molecule has 2 atom stereocenters. The number of rotatable bonds is 10. The van der Waals surface area contributed by atoms with E-state index in [0.717, 1.165) is 51.5 Å². The summed E-state index contributed by atoms with van der Waals surface area (Å²) in [4.78, 5) is 52.5. The molecule has 0 saturated carbocycles. The van der Waals surface area contributed by atoms with Gasteiger partial charge < -0.3 is 35.3 Å². The zero-order valence-corrected chi connectivity index (χ0v) is 32.6. The van der Waals surface area contributed by atoms with Crippen molar-refractivity contribution in [2.75, 3.05) is 43.6 Å². The van der Waals surface area contributed by atoms with Crippen molar-refractivity contribution >= 4 is 70.7 Å². The second kappa shape index (κ2) is 16.0. The molecule has 274 valence electrons. The Kier molecular flexibility index (Phi) is 12.0. The molecule has 12 nitrogen and oxygen atoms in total. The highest BCUT2D eigenvalue weighted by Crippen LogP contribution is 2.37. The molecule has 1 unspecified atom stereocenters. The lowest BCUT2D eigenvalue weighted by atomic mass is 9.89. The van der Waals surface area contributed by atoms with Gasteiger partial charge >= 0.3 is 17.9 Å². The molecular formula is C37H51N7O5SSi. The highest BCUT2D eigenvalue weighted by atomic mass is 32.1. The second-order valence-electron chi connectivity index (χ2n) is 15.6. The standard InChI is InChI=1S/C37H51N7O5SSi/c1-24-8-10-30(26-9-11-31-28(18-26)42-34(50-31)25-12-14-43(15-13-25)36(47)49-37(2,3)4)44(22-24)35(46)33(45)41-29-21-39-20-27(19-38)32(29)40-23-48-16-17-51(5,6)7/h9,11-12,18-21,24,30,38H,8,10,13-17,22-23H2,1-7H3,(H,39,40)(H,41,45)/t24-,30?/m0/s1. The van der Waals surface area contributed by atoms with Gasteiger partial charge in [0.1, 0.15) is 17.3 Å². The minimum atomic E-state index is -1.25. The Labute approximate surface area is 305 Å². The Bertz CT molecular complexity index is 1800. The summed E-state index contributed by atoms with van der Waals surface area (Å²) in [6.45, 7) is 16.8. The Balaban J connectivity index is 1.29. The Morgan fingerprint density at radius 1 is 1.16 bits per heavy atom. The smallest absolute Gasteiger partial charge is 0.410 e. The SMILES string of the molecule is C[C@H]1CCC(c2ccc3sc(C4=CCN(C(=O)OC(C)(C)C)CC4)nc3c2)N(C(=O)C(=O)Nc2cncc(C=N)c2NCOCC[Si](C)(C)C)C1. The monoisotopic (exact) mass is 733 g/mol. The third-order valence-corrected chi connectivity index (χ3v) is 11.7. The first kappa shape index (κ1) is 38.1. The van der Waals surface area contributed by atoms with Gasteiger partial charge in [-0.3, -0.25) is 14.6 Å². The van der Waals surface area contributed by atoms with Gasteiger partial charge in [0.2, 0.25) is 0 Å². The van der Waals surface area contributed by atoms with E-state index in [9.17, 15) is 14.4 Å². The molecule has 3 aromatic rings. The van der Waals surface area contributed by atoms with E-state index in [2.05, 4.69) is 42.2 Å². The van der Waals surface area contributed by atoms with Gasteiger partial charge in [0.05, 0.1) is 33.8 Å². The molecular weight excluding hydrogens is 683 g/mol. The Hall–Kier alpha value is -4.14. The normalized spacial score (nSPS) is 18.3. The number of hydrogen-bond acceptors (Lipinski definition) is 10. The summed E-state index contributed by atoms with van der Waals surface area (Å²) in [5, 5.41) is 14.7. The van der Waals surface area contributed by atoms with Crippen LogP contribution in [0.15, 0.2) is 36.7 Å². The Morgan fingerprint density at radius 3 is 2.63 bits per heavy atom. The summed E-state index contributed by atoms with van der Waals surface area (Å²) in [6.07, 6.45) is 8.22. The van der Waals surface area contributed by atoms with Gasteiger partial charge in [-0.25, -0.2) is 9.78 Å². The number of thiazole rings is 1. The molecule has 0 spiro atoms. The molecule has 5 rings (SSSR count). The molecule has 3 amide bonds. The predicted octanol–water partition coefficient (Wildman–Crippen LogP) is 7.38. The van der Waals surface area contributed by atoms with E-state index in [4.69, 9.17) is 19.9 Å². The number of benzene rings is 1. The van der Waals surface area contributed by atoms with Crippen molar-refractivity contribution in [2.45, 2.75) is 84.3 Å². The van der Waals surface area contributed by atoms with Crippen molar-refractivity contribution in [3.63, 3.8) is 0 Å². The van der Waals surface area contributed by atoms with Crippen molar-refractivity contribution in [2.24, 2.45) is 5.92 Å². The molecule has 2 aliphatic heterocycles. The van der Waals surface area contributed by atoms with E-state index < -0.39 is 25.5 Å². The summed E-state index contributed by atoms with van der Waals surface area (Å²) in [6, 6.07) is 6.84. The van der Waals surface area contributed by atoms with Crippen LogP contribution in [0, 0.1) is 11.3 Å². The molecule has 2 aromatic heterocycles. The highest BCUT2D eigenvalue weighted by Gasteiger charge is 2.35. The molecule has 0 bridgehead atoms. The number of anilines is 2. The maximum absolute atomic E-state index is 13.9. The number of carbonyl (C=O) groups is 3. The quantitative estimate of drug-likeness (QED) is 0.0643. The van der Waals surface area contributed by atoms with Gasteiger partial charge in [0.25, 0.3) is 0 Å². The fraction of sp³-hybridized carbons (Fsp3) is 0.514. The molecule has 1 saturated heterocycles. The van der Waals surface area contributed by atoms with Gasteiger partial charge in [-0.15, -0.1) is 11.3 Å². The molecule has 1 aromatic carbocycles. The summed E-state index contributed by atoms with van der Waals surface area (Å²) in [7, 11) is -1.25. The number of nitrogens with one attached hydrogen (secondary N) is 3. The number of piperidine rings is 1. The number of carbonyl (C=O) groups excluding carboxylic acids is 3. The number of likely N-dealkylation sites (tertiary alicyclic amines) is 1. The van der Waals surface area contributed by atoms with Crippen molar-refractivity contribution in [1.82, 2.24) is 19.8 Å². The summed E-state index contributed by atoms with van der Waals surface area (Å²) >= 11 is 1.61.